The molecule has 4 aliphatic rings. The SMILES string of the molecule is CO[C@H]1/C=C/C[C@H](C)CS(=O)(NC(=O)c2cnoc2)=NC(=O)c2ccc3c(c2)N(C[C@@H]2CC[C@H]21)C[C@@]1(CCCc2cc(Cl)ccc21)CO3.[HH]. The summed E-state index contributed by atoms with van der Waals surface area (Å²) < 4.78 is 38.5. The first-order valence-electron chi connectivity index (χ1n) is 16.7. The first-order chi connectivity index (χ1) is 23.1. The van der Waals surface area contributed by atoms with E-state index in [-0.39, 0.29) is 35.7 Å². The number of nitrogens with one attached hydrogen (secondary N) is 1. The second kappa shape index (κ2) is 13.3. The number of aromatic nitrogens is 1. The van der Waals surface area contributed by atoms with Crippen LogP contribution in [0.2, 0.25) is 5.02 Å². The van der Waals surface area contributed by atoms with E-state index in [9.17, 15) is 13.8 Å². The largest absolute Gasteiger partial charge is 0.490 e. The maximum absolute atomic E-state index is 14.3. The summed E-state index contributed by atoms with van der Waals surface area (Å²) in [6.07, 6.45) is 12.2. The fourth-order valence-electron chi connectivity index (χ4n) is 7.89. The van der Waals surface area contributed by atoms with Crippen LogP contribution in [0.3, 0.4) is 0 Å². The van der Waals surface area contributed by atoms with Crippen LogP contribution < -0.4 is 14.4 Å². The molecule has 2 bridgehead atoms. The Hall–Kier alpha value is -3.67. The van der Waals surface area contributed by atoms with Crippen LogP contribution in [-0.4, -0.2) is 59.8 Å². The number of fused-ring (bicyclic) bond motifs is 4. The molecule has 1 spiro atoms. The highest BCUT2D eigenvalue weighted by molar-refractivity contribution is 7.92. The summed E-state index contributed by atoms with van der Waals surface area (Å²) in [5, 5.41) is 4.31. The van der Waals surface area contributed by atoms with Gasteiger partial charge in [-0.05, 0) is 97.7 Å². The molecule has 2 aromatic carbocycles. The fourth-order valence-corrected chi connectivity index (χ4v) is 9.97. The van der Waals surface area contributed by atoms with Gasteiger partial charge < -0.3 is 18.9 Å². The van der Waals surface area contributed by atoms with E-state index in [0.29, 0.717) is 37.2 Å². The summed E-state index contributed by atoms with van der Waals surface area (Å²) in [5.74, 6) is -0.0995. The molecule has 1 aromatic heterocycles. The van der Waals surface area contributed by atoms with Crippen LogP contribution in [-0.2, 0) is 26.5 Å². The van der Waals surface area contributed by atoms with Gasteiger partial charge in [-0.2, -0.15) is 0 Å². The maximum Gasteiger partial charge on any atom is 0.286 e. The lowest BCUT2D eigenvalue weighted by Crippen LogP contribution is -2.49. The van der Waals surface area contributed by atoms with Crippen molar-refractivity contribution < 1.29 is 29.2 Å². The van der Waals surface area contributed by atoms with Crippen molar-refractivity contribution in [1.82, 2.24) is 9.88 Å². The lowest BCUT2D eigenvalue weighted by Gasteiger charge is -2.46. The molecular formula is C36H43ClN4O6S. The number of carbonyl (C=O) groups excluding carboxylic acids is 2. The number of ether oxygens (including phenoxy) is 2. The topological polar surface area (TPSA) is 123 Å². The number of anilines is 1. The van der Waals surface area contributed by atoms with Gasteiger partial charge in [-0.3, -0.25) is 14.3 Å². The highest BCUT2D eigenvalue weighted by Crippen LogP contribution is 2.47. The van der Waals surface area contributed by atoms with Gasteiger partial charge in [-0.15, -0.1) is 4.36 Å². The molecule has 3 aromatic rings. The highest BCUT2D eigenvalue weighted by atomic mass is 35.5. The minimum absolute atomic E-state index is 0. The molecule has 10 nitrogen and oxygen atoms in total. The fraction of sp³-hybridized carbons (Fsp3) is 0.472. The summed E-state index contributed by atoms with van der Waals surface area (Å²) >= 11 is 6.44. The number of amides is 2. The van der Waals surface area contributed by atoms with Gasteiger partial charge in [-0.25, -0.2) is 4.21 Å². The molecule has 0 saturated heterocycles. The van der Waals surface area contributed by atoms with E-state index < -0.39 is 21.7 Å². The molecule has 1 fully saturated rings. The van der Waals surface area contributed by atoms with Crippen molar-refractivity contribution in [2.24, 2.45) is 22.1 Å². The van der Waals surface area contributed by atoms with E-state index in [1.165, 1.54) is 17.3 Å². The summed E-state index contributed by atoms with van der Waals surface area (Å²) in [6.45, 7) is 3.91. The van der Waals surface area contributed by atoms with E-state index in [2.05, 4.69) is 43.4 Å². The number of hydrogen-bond acceptors (Lipinski definition) is 8. The molecule has 2 aliphatic carbocycles. The minimum atomic E-state index is -3.53. The zero-order chi connectivity index (χ0) is 33.5. The van der Waals surface area contributed by atoms with Gasteiger partial charge in [-0.1, -0.05) is 41.9 Å². The summed E-state index contributed by atoms with van der Waals surface area (Å²) in [6, 6.07) is 11.5. The zero-order valence-electron chi connectivity index (χ0n) is 27.2. The van der Waals surface area contributed by atoms with E-state index in [0.717, 1.165) is 55.6 Å². The van der Waals surface area contributed by atoms with Gasteiger partial charge in [0.2, 0.25) is 0 Å². The molecule has 6 atom stereocenters. The van der Waals surface area contributed by atoms with Crippen LogP contribution in [0, 0.1) is 17.8 Å². The van der Waals surface area contributed by atoms with Gasteiger partial charge in [0.15, 0.2) is 0 Å². The summed E-state index contributed by atoms with van der Waals surface area (Å²) in [5.41, 5.74) is 3.45. The Bertz CT molecular complexity index is 1860. The first-order valence-corrected chi connectivity index (χ1v) is 18.7. The van der Waals surface area contributed by atoms with E-state index in [1.54, 1.807) is 13.2 Å². The van der Waals surface area contributed by atoms with Gasteiger partial charge in [0.05, 0.1) is 35.9 Å². The monoisotopic (exact) mass is 694 g/mol. The van der Waals surface area contributed by atoms with E-state index in [1.807, 2.05) is 25.1 Å². The lowest BCUT2D eigenvalue weighted by molar-refractivity contribution is 0.0131. The maximum atomic E-state index is 14.3. The Morgan fingerprint density at radius 2 is 2.10 bits per heavy atom. The van der Waals surface area contributed by atoms with Gasteiger partial charge in [0.1, 0.15) is 21.9 Å². The highest BCUT2D eigenvalue weighted by Gasteiger charge is 2.44. The van der Waals surface area contributed by atoms with Crippen LogP contribution in [0.1, 0.15) is 72.3 Å². The molecule has 0 radical (unpaired) electrons. The normalized spacial score (nSPS) is 30.9. The molecular weight excluding hydrogens is 652 g/mol. The number of carbonyl (C=O) groups is 2. The third kappa shape index (κ3) is 6.52. The van der Waals surface area contributed by atoms with Gasteiger partial charge in [0, 0.05) is 37.6 Å². The number of nitrogens with zero attached hydrogens (tertiary/aromatic N) is 3. The average Bonchev–Trinajstić information content (AvgIpc) is 3.55. The molecule has 1 saturated carbocycles. The van der Waals surface area contributed by atoms with Crippen LogP contribution in [0.15, 0.2) is 69.9 Å². The number of benzene rings is 2. The molecule has 1 N–H and O–H groups in total. The predicted molar refractivity (Wildman–Crippen MR) is 186 cm³/mol. The van der Waals surface area contributed by atoms with Gasteiger partial charge >= 0.3 is 0 Å². The molecule has 7 rings (SSSR count). The first kappa shape index (κ1) is 32.9. The van der Waals surface area contributed by atoms with Gasteiger partial charge in [0.25, 0.3) is 11.8 Å². The molecule has 12 heteroatoms. The molecule has 2 aliphatic heterocycles. The van der Waals surface area contributed by atoms with E-state index >= 15 is 0 Å². The standard InChI is InChI=1S/C36H41ClN4O6S.H2/c1-23-5-3-7-32(45-2)29-11-8-26(29)18-41-21-36(14-4-6-24-15-28(37)10-12-30(24)36)22-46-33-13-9-25(16-31(33)41)34(42)39-48(44,20-23)40-35(43)27-17-38-47-19-27;/h3,7,9-10,12-13,15-17,19,23,26,29,32H,4-6,8,11,14,18,20-22H2,1-2H3,(H,39,40,42,43,44);1H/b7-3+;/t23-,26-,29+,32-,36-,48?;/m0./s1. The van der Waals surface area contributed by atoms with E-state index in [4.69, 9.17) is 25.6 Å². The van der Waals surface area contributed by atoms with Crippen molar-refractivity contribution in [2.75, 3.05) is 37.5 Å². The third-order valence-corrected chi connectivity index (χ3v) is 12.7. The molecule has 1 unspecified atom stereocenters. The molecule has 256 valence electrons. The van der Waals surface area contributed by atoms with Crippen LogP contribution in [0.25, 0.3) is 0 Å². The Kier molecular flexibility index (Phi) is 9.12. The number of rotatable bonds is 3. The third-order valence-electron chi connectivity index (χ3n) is 10.5. The summed E-state index contributed by atoms with van der Waals surface area (Å²) in [4.78, 5) is 29.2. The van der Waals surface area contributed by atoms with Crippen molar-refractivity contribution in [3.8, 4) is 5.75 Å². The molecule has 48 heavy (non-hydrogen) atoms. The van der Waals surface area contributed by atoms with Crippen LogP contribution in [0.4, 0.5) is 5.69 Å². The quantitative estimate of drug-likeness (QED) is 0.303. The Morgan fingerprint density at radius 1 is 1.23 bits per heavy atom. The van der Waals surface area contributed by atoms with Crippen molar-refractivity contribution in [3.05, 3.63) is 88.3 Å². The Morgan fingerprint density at radius 3 is 2.88 bits per heavy atom. The number of aryl methyl sites for hydroxylation is 1. The van der Waals surface area contributed by atoms with Crippen LogP contribution >= 0.6 is 11.6 Å². The second-order valence-electron chi connectivity index (χ2n) is 13.8. The van der Waals surface area contributed by atoms with Crippen molar-refractivity contribution in [1.29, 1.82) is 0 Å². The number of allylic oxidation sites excluding steroid dienone is 1. The smallest absolute Gasteiger partial charge is 0.286 e. The van der Waals surface area contributed by atoms with Crippen LogP contribution in [0.5, 0.6) is 5.75 Å². The second-order valence-corrected chi connectivity index (χ2v) is 16.2. The molecule has 3 heterocycles. The van der Waals surface area contributed by atoms with Crippen molar-refractivity contribution >= 4 is 39.0 Å². The predicted octanol–water partition coefficient (Wildman–Crippen LogP) is 6.64. The number of hydrogen-bond donors (Lipinski definition) is 1. The average molecular weight is 695 g/mol. The Labute approximate surface area is 288 Å². The van der Waals surface area contributed by atoms with Crippen molar-refractivity contribution in [2.45, 2.75) is 57.0 Å². The Balaban J connectivity index is 0.00000417. The summed E-state index contributed by atoms with van der Waals surface area (Å²) in [7, 11) is -1.78. The number of methoxy groups -OCH3 is 1. The zero-order valence-corrected chi connectivity index (χ0v) is 28.8. The molecule has 2 amide bonds. The number of halogens is 1. The van der Waals surface area contributed by atoms with Crippen molar-refractivity contribution in [3.63, 3.8) is 0 Å². The lowest BCUT2D eigenvalue weighted by atomic mass is 9.68. The minimum Gasteiger partial charge on any atom is -0.490 e.